The lowest BCUT2D eigenvalue weighted by atomic mass is 10.1. The predicted molar refractivity (Wildman–Crippen MR) is 86.6 cm³/mol. The molecule has 0 aliphatic heterocycles. The quantitative estimate of drug-likeness (QED) is 0.642. The number of para-hydroxylation sites is 1. The monoisotopic (exact) mass is 268 g/mol. The minimum Gasteiger partial charge on any atom is -0.347 e. The number of rotatable bonds is 5. The molecule has 0 radical (unpaired) electrons. The lowest BCUT2D eigenvalue weighted by Crippen LogP contribution is -2.34. The molecule has 0 aliphatic rings. The molecule has 1 aromatic carbocycles. The van der Waals surface area contributed by atoms with Crippen molar-refractivity contribution >= 4 is 10.9 Å². The Morgan fingerprint density at radius 2 is 2.00 bits per heavy atom. The number of hydrogen-bond acceptors (Lipinski definition) is 1. The fraction of sp³-hybridized carbons (Fsp3) is 0.444. The molecule has 106 valence electrons. The molecular formula is C18H24N2. The molecule has 2 rings (SSSR count). The van der Waals surface area contributed by atoms with Crippen molar-refractivity contribution in [3.63, 3.8) is 0 Å². The van der Waals surface area contributed by atoms with E-state index >= 15 is 0 Å². The van der Waals surface area contributed by atoms with Gasteiger partial charge in [0.1, 0.15) is 0 Å². The second-order valence-corrected chi connectivity index (χ2v) is 6.28. The zero-order valence-corrected chi connectivity index (χ0v) is 12.7. The molecule has 1 heterocycles. The molecule has 2 heteroatoms. The molecule has 2 nitrogen and oxygen atoms in total. The van der Waals surface area contributed by atoms with Gasteiger partial charge in [0, 0.05) is 42.1 Å². The highest BCUT2D eigenvalue weighted by atomic mass is 15.0. The molecular weight excluding hydrogens is 244 g/mol. The minimum atomic E-state index is 0.132. The maximum absolute atomic E-state index is 5.34. The van der Waals surface area contributed by atoms with Gasteiger partial charge in [0.05, 0.1) is 0 Å². The zero-order valence-electron chi connectivity index (χ0n) is 12.7. The van der Waals surface area contributed by atoms with Crippen molar-refractivity contribution in [2.75, 3.05) is 0 Å². The van der Waals surface area contributed by atoms with Gasteiger partial charge in [-0.1, -0.05) is 18.2 Å². The summed E-state index contributed by atoms with van der Waals surface area (Å²) >= 11 is 0. The Hall–Kier alpha value is -1.72. The fourth-order valence-corrected chi connectivity index (χ4v) is 2.36. The van der Waals surface area contributed by atoms with Crippen LogP contribution in [0.25, 0.3) is 10.9 Å². The SMILES string of the molecule is C#CCCCn1cc(CNC(C)(C)C)c2ccccc21. The summed E-state index contributed by atoms with van der Waals surface area (Å²) in [5, 5.41) is 4.90. The smallest absolute Gasteiger partial charge is 0.0483 e. The Labute approximate surface area is 122 Å². The van der Waals surface area contributed by atoms with Gasteiger partial charge in [-0.25, -0.2) is 0 Å². The van der Waals surface area contributed by atoms with E-state index < -0.39 is 0 Å². The fourth-order valence-electron chi connectivity index (χ4n) is 2.36. The minimum absolute atomic E-state index is 0.132. The molecule has 0 saturated carbocycles. The lowest BCUT2D eigenvalue weighted by Gasteiger charge is -2.20. The molecule has 0 amide bonds. The summed E-state index contributed by atoms with van der Waals surface area (Å²) in [6, 6.07) is 8.59. The Bertz CT molecular complexity index is 608. The van der Waals surface area contributed by atoms with Crippen molar-refractivity contribution < 1.29 is 0 Å². The first-order chi connectivity index (χ1) is 9.51. The van der Waals surface area contributed by atoms with Gasteiger partial charge in [0.25, 0.3) is 0 Å². The average molecular weight is 268 g/mol. The third-order valence-electron chi connectivity index (χ3n) is 3.40. The molecule has 0 spiro atoms. The van der Waals surface area contributed by atoms with Gasteiger partial charge in [-0.2, -0.15) is 0 Å². The first kappa shape index (κ1) is 14.7. The van der Waals surface area contributed by atoms with Gasteiger partial charge in [-0.3, -0.25) is 0 Å². The van der Waals surface area contributed by atoms with E-state index in [4.69, 9.17) is 6.42 Å². The summed E-state index contributed by atoms with van der Waals surface area (Å²) in [7, 11) is 0. The van der Waals surface area contributed by atoms with Crippen LogP contribution in [-0.2, 0) is 13.1 Å². The second-order valence-electron chi connectivity index (χ2n) is 6.28. The van der Waals surface area contributed by atoms with Gasteiger partial charge in [0.15, 0.2) is 0 Å². The third-order valence-corrected chi connectivity index (χ3v) is 3.40. The average Bonchev–Trinajstić information content (AvgIpc) is 2.75. The van der Waals surface area contributed by atoms with E-state index in [2.05, 4.69) is 67.0 Å². The molecule has 0 saturated heterocycles. The maximum Gasteiger partial charge on any atom is 0.0483 e. The highest BCUT2D eigenvalue weighted by molar-refractivity contribution is 5.83. The number of unbranched alkanes of at least 4 members (excludes halogenated alkanes) is 1. The van der Waals surface area contributed by atoms with Crippen LogP contribution in [-0.4, -0.2) is 10.1 Å². The van der Waals surface area contributed by atoms with Crippen LogP contribution in [0.1, 0.15) is 39.2 Å². The summed E-state index contributed by atoms with van der Waals surface area (Å²) in [6.07, 6.45) is 9.47. The van der Waals surface area contributed by atoms with Crippen LogP contribution in [0.4, 0.5) is 0 Å². The van der Waals surface area contributed by atoms with Crippen molar-refractivity contribution in [1.82, 2.24) is 9.88 Å². The van der Waals surface area contributed by atoms with E-state index in [9.17, 15) is 0 Å². The summed E-state index contributed by atoms with van der Waals surface area (Å²) in [6.45, 7) is 8.46. The standard InChI is InChI=1S/C18H24N2/c1-5-6-9-12-20-14-15(13-19-18(2,3)4)16-10-7-8-11-17(16)20/h1,7-8,10-11,14,19H,6,9,12-13H2,2-4H3. The van der Waals surface area contributed by atoms with E-state index in [0.717, 1.165) is 25.9 Å². The lowest BCUT2D eigenvalue weighted by molar-refractivity contribution is 0.425. The maximum atomic E-state index is 5.34. The van der Waals surface area contributed by atoms with Gasteiger partial charge >= 0.3 is 0 Å². The van der Waals surface area contributed by atoms with Crippen LogP contribution in [0.15, 0.2) is 30.5 Å². The molecule has 0 atom stereocenters. The van der Waals surface area contributed by atoms with Gasteiger partial charge < -0.3 is 9.88 Å². The Morgan fingerprint density at radius 1 is 1.25 bits per heavy atom. The summed E-state index contributed by atoms with van der Waals surface area (Å²) in [5.74, 6) is 2.71. The van der Waals surface area contributed by atoms with Crippen molar-refractivity contribution in [1.29, 1.82) is 0 Å². The molecule has 1 N–H and O–H groups in total. The van der Waals surface area contributed by atoms with E-state index in [-0.39, 0.29) is 5.54 Å². The highest BCUT2D eigenvalue weighted by Gasteiger charge is 2.12. The van der Waals surface area contributed by atoms with Crippen LogP contribution < -0.4 is 5.32 Å². The van der Waals surface area contributed by atoms with Crippen LogP contribution >= 0.6 is 0 Å². The van der Waals surface area contributed by atoms with E-state index in [1.54, 1.807) is 0 Å². The van der Waals surface area contributed by atoms with Crippen molar-refractivity contribution in [2.24, 2.45) is 0 Å². The molecule has 0 fully saturated rings. The number of aryl methyl sites for hydroxylation is 1. The number of benzene rings is 1. The van der Waals surface area contributed by atoms with Gasteiger partial charge in [-0.15, -0.1) is 12.3 Å². The Morgan fingerprint density at radius 3 is 2.70 bits per heavy atom. The van der Waals surface area contributed by atoms with E-state index in [0.29, 0.717) is 0 Å². The first-order valence-electron chi connectivity index (χ1n) is 7.26. The van der Waals surface area contributed by atoms with Gasteiger partial charge in [0.2, 0.25) is 0 Å². The van der Waals surface area contributed by atoms with E-state index in [1.165, 1.54) is 16.5 Å². The molecule has 0 bridgehead atoms. The van der Waals surface area contributed by atoms with Crippen LogP contribution in [0.2, 0.25) is 0 Å². The van der Waals surface area contributed by atoms with Crippen molar-refractivity contribution in [3.8, 4) is 12.3 Å². The second kappa shape index (κ2) is 6.15. The molecule has 0 aliphatic carbocycles. The highest BCUT2D eigenvalue weighted by Crippen LogP contribution is 2.22. The first-order valence-corrected chi connectivity index (χ1v) is 7.26. The number of hydrogen-bond donors (Lipinski definition) is 1. The number of aromatic nitrogens is 1. The van der Waals surface area contributed by atoms with Crippen molar-refractivity contribution in [3.05, 3.63) is 36.0 Å². The topological polar surface area (TPSA) is 17.0 Å². The Balaban J connectivity index is 2.24. The molecule has 20 heavy (non-hydrogen) atoms. The molecule has 2 aromatic rings. The zero-order chi connectivity index (χ0) is 14.6. The number of fused-ring (bicyclic) bond motifs is 1. The largest absolute Gasteiger partial charge is 0.347 e. The number of nitrogens with one attached hydrogen (secondary N) is 1. The normalized spacial score (nSPS) is 11.7. The Kier molecular flexibility index (Phi) is 4.52. The summed E-state index contributed by atoms with van der Waals surface area (Å²) in [4.78, 5) is 0. The number of nitrogens with zero attached hydrogens (tertiary/aromatic N) is 1. The van der Waals surface area contributed by atoms with Crippen LogP contribution in [0, 0.1) is 12.3 Å². The molecule has 0 unspecified atom stereocenters. The summed E-state index contributed by atoms with van der Waals surface area (Å²) < 4.78 is 2.33. The van der Waals surface area contributed by atoms with E-state index in [1.807, 2.05) is 0 Å². The van der Waals surface area contributed by atoms with Gasteiger partial charge in [-0.05, 0) is 38.8 Å². The van der Waals surface area contributed by atoms with Crippen molar-refractivity contribution in [2.45, 2.75) is 52.2 Å². The third kappa shape index (κ3) is 3.65. The predicted octanol–water partition coefficient (Wildman–Crippen LogP) is 3.94. The van der Waals surface area contributed by atoms with Crippen LogP contribution in [0.5, 0.6) is 0 Å². The summed E-state index contributed by atoms with van der Waals surface area (Å²) in [5.41, 5.74) is 2.79. The molecule has 1 aromatic heterocycles. The number of terminal acetylenes is 1. The van der Waals surface area contributed by atoms with Crippen LogP contribution in [0.3, 0.4) is 0 Å².